The van der Waals surface area contributed by atoms with E-state index in [2.05, 4.69) is 10.5 Å². The summed E-state index contributed by atoms with van der Waals surface area (Å²) in [6, 6.07) is 3.63. The first kappa shape index (κ1) is 7.91. The summed E-state index contributed by atoms with van der Waals surface area (Å²) in [4.78, 5) is 0. The summed E-state index contributed by atoms with van der Waals surface area (Å²) in [6.45, 7) is 0. The van der Waals surface area contributed by atoms with Crippen molar-refractivity contribution in [3.63, 3.8) is 0 Å². The van der Waals surface area contributed by atoms with Crippen LogP contribution in [0.25, 0.3) is 0 Å². The maximum Gasteiger partial charge on any atom is 0.159 e. The molecule has 0 aromatic heterocycles. The molecule has 0 fully saturated rings. The van der Waals surface area contributed by atoms with Crippen molar-refractivity contribution in [2.75, 3.05) is 0 Å². The van der Waals surface area contributed by atoms with Gasteiger partial charge in [0.05, 0.1) is 11.9 Å². The van der Waals surface area contributed by atoms with Gasteiger partial charge in [-0.2, -0.15) is 10.5 Å². The average Bonchev–Trinajstić information content (AvgIpc) is 2.62. The molecule has 1 aromatic rings. The van der Waals surface area contributed by atoms with E-state index in [0.717, 1.165) is 12.1 Å². The van der Waals surface area contributed by atoms with Crippen LogP contribution in [0, 0.1) is 11.6 Å². The van der Waals surface area contributed by atoms with Gasteiger partial charge in [-0.25, -0.2) is 8.78 Å². The van der Waals surface area contributed by atoms with E-state index in [9.17, 15) is 8.78 Å². The van der Waals surface area contributed by atoms with E-state index in [1.165, 1.54) is 12.3 Å². The van der Waals surface area contributed by atoms with E-state index in [0.29, 0.717) is 11.3 Å². The van der Waals surface area contributed by atoms with E-state index < -0.39 is 11.6 Å². The van der Waals surface area contributed by atoms with Crippen LogP contribution < -0.4 is 5.43 Å². The monoisotopic (exact) mass is 179 g/mol. The Hall–Kier alpha value is -1.71. The summed E-state index contributed by atoms with van der Waals surface area (Å²) < 4.78 is 25.3. The van der Waals surface area contributed by atoms with Gasteiger partial charge in [-0.3, -0.25) is 0 Å². The van der Waals surface area contributed by atoms with Gasteiger partial charge in [0.15, 0.2) is 11.6 Å². The summed E-state index contributed by atoms with van der Waals surface area (Å²) in [5.74, 6) is -1.73. The van der Waals surface area contributed by atoms with E-state index >= 15 is 0 Å². The van der Waals surface area contributed by atoms with Crippen LogP contribution in [0.1, 0.15) is 5.56 Å². The molecule has 0 aliphatic carbocycles. The maximum absolute atomic E-state index is 12.7. The average molecular weight is 179 g/mol. The van der Waals surface area contributed by atoms with Crippen LogP contribution in [0.3, 0.4) is 0 Å². The van der Waals surface area contributed by atoms with Crippen molar-refractivity contribution in [1.82, 2.24) is 5.43 Å². The quantitative estimate of drug-likeness (QED) is 0.628. The fourth-order valence-electron chi connectivity index (χ4n) is 1.04. The van der Waals surface area contributed by atoms with Crippen molar-refractivity contribution in [3.8, 4) is 0 Å². The minimum absolute atomic E-state index is 0.524. The van der Waals surface area contributed by atoms with Crippen molar-refractivity contribution in [2.24, 2.45) is 5.10 Å². The van der Waals surface area contributed by atoms with Gasteiger partial charge in [0.1, 0.15) is 0 Å². The molecule has 0 saturated heterocycles. The number of rotatable bonds is 1. The molecule has 1 aromatic carbocycles. The zero-order valence-electron chi connectivity index (χ0n) is 6.54. The fourth-order valence-corrected chi connectivity index (χ4v) is 1.04. The minimum Gasteiger partial charge on any atom is -0.204 e. The van der Waals surface area contributed by atoms with Gasteiger partial charge in [-0.15, -0.1) is 0 Å². The number of benzene rings is 1. The lowest BCUT2D eigenvalue weighted by atomic mass is 10.1. The molecule has 0 bridgehead atoms. The molecule has 0 amide bonds. The number of hydrogen-bond donors (Lipinski definition) is 0. The van der Waals surface area contributed by atoms with E-state index in [-0.39, 0.29) is 0 Å². The largest absolute Gasteiger partial charge is 0.204 e. The lowest BCUT2D eigenvalue weighted by molar-refractivity contribution is 0.508. The molecule has 1 aliphatic heterocycles. The summed E-state index contributed by atoms with van der Waals surface area (Å²) in [5.41, 5.74) is 4.65. The van der Waals surface area contributed by atoms with Gasteiger partial charge < -0.3 is 0 Å². The molecule has 1 aliphatic rings. The predicted molar refractivity (Wildman–Crippen MR) is 44.2 cm³/mol. The van der Waals surface area contributed by atoms with Crippen molar-refractivity contribution in [2.45, 2.75) is 0 Å². The Balaban J connectivity index is 2.42. The Morgan fingerprint density at radius 2 is 1.92 bits per heavy atom. The minimum atomic E-state index is -0.875. The third-order valence-electron chi connectivity index (χ3n) is 1.68. The summed E-state index contributed by atoms with van der Waals surface area (Å²) in [7, 11) is 0. The molecule has 4 heteroatoms. The van der Waals surface area contributed by atoms with Crippen molar-refractivity contribution in [3.05, 3.63) is 47.7 Å². The maximum atomic E-state index is 12.7. The highest BCUT2D eigenvalue weighted by molar-refractivity contribution is 6.09. The van der Waals surface area contributed by atoms with Crippen molar-refractivity contribution in [1.29, 1.82) is 0 Å². The third kappa shape index (κ3) is 1.42. The van der Waals surface area contributed by atoms with Crippen LogP contribution in [-0.2, 0) is 0 Å². The second kappa shape index (κ2) is 2.97. The molecule has 13 heavy (non-hydrogen) atoms. The Morgan fingerprint density at radius 1 is 1.08 bits per heavy atom. The Morgan fingerprint density at radius 3 is 2.54 bits per heavy atom. The third-order valence-corrected chi connectivity index (χ3v) is 1.68. The van der Waals surface area contributed by atoms with Gasteiger partial charge in [-0.05, 0) is 24.3 Å². The number of hydrogen-bond acceptors (Lipinski definition) is 1. The van der Waals surface area contributed by atoms with Gasteiger partial charge in [0.2, 0.25) is 0 Å². The number of nitrogens with zero attached hydrogens (tertiary/aromatic N) is 2. The van der Waals surface area contributed by atoms with E-state index in [1.54, 1.807) is 6.08 Å². The molecule has 0 atom stereocenters. The van der Waals surface area contributed by atoms with Crippen LogP contribution in [0.5, 0.6) is 0 Å². The molecule has 1 radical (unpaired) electrons. The van der Waals surface area contributed by atoms with E-state index in [1.807, 2.05) is 0 Å². The van der Waals surface area contributed by atoms with Crippen LogP contribution in [-0.4, -0.2) is 5.71 Å². The molecule has 1 heterocycles. The lowest BCUT2D eigenvalue weighted by Gasteiger charge is -1.97. The van der Waals surface area contributed by atoms with Gasteiger partial charge in [-0.1, -0.05) is 0 Å². The first-order chi connectivity index (χ1) is 6.27. The second-order valence-electron chi connectivity index (χ2n) is 2.55. The standard InChI is InChI=1S/C9H5F2N2/c10-7-2-1-6(5-8(7)11)9-3-4-12-13-9/h1-5H. The highest BCUT2D eigenvalue weighted by atomic mass is 19.2. The Bertz CT molecular complexity index is 397. The second-order valence-corrected chi connectivity index (χ2v) is 2.55. The van der Waals surface area contributed by atoms with Crippen molar-refractivity contribution < 1.29 is 8.78 Å². The fraction of sp³-hybridized carbons (Fsp3) is 0. The Kier molecular flexibility index (Phi) is 1.81. The number of allylic oxidation sites excluding steroid dienone is 1. The van der Waals surface area contributed by atoms with Crippen molar-refractivity contribution >= 4 is 5.71 Å². The molecule has 0 spiro atoms. The molecule has 2 nitrogen and oxygen atoms in total. The molecular formula is C9H5F2N2. The summed E-state index contributed by atoms with van der Waals surface area (Å²) >= 11 is 0. The number of halogens is 2. The highest BCUT2D eigenvalue weighted by Gasteiger charge is 2.08. The van der Waals surface area contributed by atoms with Crippen LogP contribution in [0.2, 0.25) is 0 Å². The Labute approximate surface area is 73.6 Å². The topological polar surface area (TPSA) is 26.5 Å². The molecule has 0 saturated carbocycles. The normalized spacial score (nSPS) is 14.2. The first-order valence-electron chi connectivity index (χ1n) is 3.67. The van der Waals surface area contributed by atoms with Crippen LogP contribution in [0.4, 0.5) is 8.78 Å². The van der Waals surface area contributed by atoms with Gasteiger partial charge in [0, 0.05) is 5.56 Å². The predicted octanol–water partition coefficient (Wildman–Crippen LogP) is 1.80. The molecule has 2 rings (SSSR count). The lowest BCUT2D eigenvalue weighted by Crippen LogP contribution is -1.96. The summed E-state index contributed by atoms with van der Waals surface area (Å²) in [5, 5.41) is 3.72. The van der Waals surface area contributed by atoms with Crippen LogP contribution in [0.15, 0.2) is 35.6 Å². The smallest absolute Gasteiger partial charge is 0.159 e. The molecule has 0 N–H and O–H groups in total. The zero-order chi connectivity index (χ0) is 9.26. The molecular weight excluding hydrogens is 174 g/mol. The molecule has 0 unspecified atom stereocenters. The summed E-state index contributed by atoms with van der Waals surface area (Å²) in [6.07, 6.45) is 3.13. The first-order valence-corrected chi connectivity index (χ1v) is 3.67. The molecule has 65 valence electrons. The van der Waals surface area contributed by atoms with Crippen LogP contribution >= 0.6 is 0 Å². The van der Waals surface area contributed by atoms with Gasteiger partial charge >= 0.3 is 0 Å². The van der Waals surface area contributed by atoms with E-state index in [4.69, 9.17) is 0 Å². The van der Waals surface area contributed by atoms with Gasteiger partial charge in [0.25, 0.3) is 0 Å². The zero-order valence-corrected chi connectivity index (χ0v) is 6.54. The highest BCUT2D eigenvalue weighted by Crippen LogP contribution is 2.11. The SMILES string of the molecule is Fc1ccc(C2=N[N]C=C2)cc1F.